The van der Waals surface area contributed by atoms with Crippen LogP contribution in [0.15, 0.2) is 113 Å². The summed E-state index contributed by atoms with van der Waals surface area (Å²) < 4.78 is 28.3. The molecule has 3 heterocycles. The predicted molar refractivity (Wildman–Crippen MR) is 188 cm³/mol. The van der Waals surface area contributed by atoms with Crippen LogP contribution in [0, 0.1) is 5.92 Å². The van der Waals surface area contributed by atoms with E-state index in [-0.39, 0.29) is 12.1 Å². The third-order valence-corrected chi connectivity index (χ3v) is 11.0. The Kier molecular flexibility index (Phi) is 9.70. The minimum Gasteiger partial charge on any atom is -0.469 e. The van der Waals surface area contributed by atoms with E-state index >= 15 is 4.57 Å². The van der Waals surface area contributed by atoms with Gasteiger partial charge in [0.25, 0.3) is 5.91 Å². The number of carbonyl (C=O) groups is 2. The number of fused-ring (bicyclic) bond motifs is 2. The van der Waals surface area contributed by atoms with Crippen molar-refractivity contribution in [3.8, 4) is 5.75 Å². The first-order chi connectivity index (χ1) is 23.3. The fourth-order valence-corrected chi connectivity index (χ4v) is 8.57. The van der Waals surface area contributed by atoms with Crippen molar-refractivity contribution in [2.24, 2.45) is 5.92 Å². The van der Waals surface area contributed by atoms with E-state index in [2.05, 4.69) is 15.3 Å². The molecule has 6 rings (SSSR count). The number of esters is 1. The Morgan fingerprint density at radius 2 is 1.75 bits per heavy atom. The Morgan fingerprint density at radius 3 is 2.54 bits per heavy atom. The first-order valence-electron chi connectivity index (χ1n) is 15.1. The summed E-state index contributed by atoms with van der Waals surface area (Å²) in [7, 11) is -1.13. The normalized spacial score (nSPS) is 13.3. The number of carbonyl (C=O) groups excluding carboxylic acids is 2. The molecule has 12 heteroatoms. The SMILES string of the molecule is CNC(=O)c1ccccc1Sc1ccc2c(/C=C/c3ccccn3)nn(P(=O)(C[C@@H](C)C(=O)OC)Oc3cccc4ncccc34)c2c1. The number of pyridine rings is 2. The van der Waals surface area contributed by atoms with Gasteiger partial charge in [-0.05, 0) is 78.9 Å². The van der Waals surface area contributed by atoms with Gasteiger partial charge in [-0.3, -0.25) is 24.1 Å². The average molecular weight is 678 g/mol. The number of nitrogens with one attached hydrogen (secondary N) is 1. The molecule has 242 valence electrons. The van der Waals surface area contributed by atoms with Crippen molar-refractivity contribution in [3.05, 3.63) is 120 Å². The van der Waals surface area contributed by atoms with Crippen LogP contribution < -0.4 is 9.84 Å². The molecule has 0 aliphatic heterocycles. The number of rotatable bonds is 11. The van der Waals surface area contributed by atoms with E-state index in [9.17, 15) is 9.59 Å². The van der Waals surface area contributed by atoms with E-state index in [0.29, 0.717) is 38.8 Å². The maximum Gasteiger partial charge on any atom is 0.364 e. The second-order valence-corrected chi connectivity index (χ2v) is 14.2. The fraction of sp³-hybridized carbons (Fsp3) is 0.139. The van der Waals surface area contributed by atoms with Crippen molar-refractivity contribution >= 4 is 65.1 Å². The van der Waals surface area contributed by atoms with E-state index in [1.54, 1.807) is 50.6 Å². The van der Waals surface area contributed by atoms with Gasteiger partial charge in [0.1, 0.15) is 5.75 Å². The molecule has 0 radical (unpaired) electrons. The molecular formula is C36H32N5O5PS. The van der Waals surface area contributed by atoms with Gasteiger partial charge < -0.3 is 14.6 Å². The number of benzene rings is 3. The Labute approximate surface area is 281 Å². The highest BCUT2D eigenvalue weighted by molar-refractivity contribution is 7.99. The summed E-state index contributed by atoms with van der Waals surface area (Å²) in [6, 6.07) is 27.6. The van der Waals surface area contributed by atoms with E-state index in [0.717, 1.165) is 15.5 Å². The molecule has 0 aliphatic carbocycles. The first-order valence-corrected chi connectivity index (χ1v) is 17.7. The minimum atomic E-state index is -4.02. The average Bonchev–Trinajstić information content (AvgIpc) is 3.49. The quantitative estimate of drug-likeness (QED) is 0.109. The summed E-state index contributed by atoms with van der Waals surface area (Å²) >= 11 is 1.40. The van der Waals surface area contributed by atoms with Gasteiger partial charge in [-0.25, -0.2) is 0 Å². The van der Waals surface area contributed by atoms with Gasteiger partial charge in [0, 0.05) is 40.0 Å². The van der Waals surface area contributed by atoms with Crippen molar-refractivity contribution in [1.82, 2.24) is 24.8 Å². The first kappa shape index (κ1) is 32.7. The smallest absolute Gasteiger partial charge is 0.364 e. The zero-order valence-corrected chi connectivity index (χ0v) is 28.2. The highest BCUT2D eigenvalue weighted by Gasteiger charge is 2.36. The van der Waals surface area contributed by atoms with Crippen molar-refractivity contribution in [2.45, 2.75) is 16.7 Å². The molecule has 3 aromatic carbocycles. The molecule has 1 unspecified atom stereocenters. The van der Waals surface area contributed by atoms with Crippen LogP contribution in [0.3, 0.4) is 0 Å². The summed E-state index contributed by atoms with van der Waals surface area (Å²) in [5.41, 5.74) is 2.98. The van der Waals surface area contributed by atoms with Crippen LogP contribution >= 0.6 is 19.3 Å². The zero-order chi connectivity index (χ0) is 33.7. The van der Waals surface area contributed by atoms with Crippen LogP contribution in [0.4, 0.5) is 0 Å². The molecule has 0 saturated carbocycles. The maximum absolute atomic E-state index is 15.4. The summed E-state index contributed by atoms with van der Waals surface area (Å²) in [6.45, 7) is 1.65. The van der Waals surface area contributed by atoms with Gasteiger partial charge in [-0.1, -0.05) is 43.0 Å². The van der Waals surface area contributed by atoms with Gasteiger partial charge in [0.05, 0.1) is 47.2 Å². The van der Waals surface area contributed by atoms with Gasteiger partial charge in [-0.15, -0.1) is 0 Å². The Bertz CT molecular complexity index is 2200. The Morgan fingerprint density at radius 1 is 0.938 bits per heavy atom. The van der Waals surface area contributed by atoms with Crippen molar-refractivity contribution in [2.75, 3.05) is 20.3 Å². The van der Waals surface area contributed by atoms with E-state index in [1.165, 1.54) is 23.3 Å². The Balaban J connectivity index is 1.53. The lowest BCUT2D eigenvalue weighted by atomic mass is 10.2. The van der Waals surface area contributed by atoms with E-state index in [1.807, 2.05) is 78.9 Å². The minimum absolute atomic E-state index is 0.187. The van der Waals surface area contributed by atoms with Gasteiger partial charge in [0.15, 0.2) is 0 Å². The van der Waals surface area contributed by atoms with Crippen molar-refractivity contribution in [1.29, 1.82) is 0 Å². The summed E-state index contributed by atoms with van der Waals surface area (Å²) in [4.78, 5) is 35.6. The van der Waals surface area contributed by atoms with Crippen LogP contribution in [0.1, 0.15) is 28.7 Å². The molecule has 0 aliphatic rings. The lowest BCUT2D eigenvalue weighted by Gasteiger charge is -2.23. The third kappa shape index (κ3) is 6.88. The molecule has 6 aromatic rings. The topological polar surface area (TPSA) is 125 Å². The molecule has 2 atom stereocenters. The van der Waals surface area contributed by atoms with Crippen LogP contribution in [-0.2, 0) is 14.1 Å². The molecule has 1 amide bonds. The highest BCUT2D eigenvalue weighted by Crippen LogP contribution is 2.53. The number of hydrogen-bond donors (Lipinski definition) is 1. The number of methoxy groups -OCH3 is 1. The number of ether oxygens (including phenoxy) is 1. The maximum atomic E-state index is 15.4. The molecule has 0 bridgehead atoms. The van der Waals surface area contributed by atoms with Crippen LogP contribution in [0.2, 0.25) is 0 Å². The number of nitrogens with zero attached hydrogens (tertiary/aromatic N) is 4. The van der Waals surface area contributed by atoms with Crippen LogP contribution in [-0.4, -0.2) is 51.7 Å². The van der Waals surface area contributed by atoms with Crippen LogP contribution in [0.25, 0.3) is 34.0 Å². The largest absolute Gasteiger partial charge is 0.469 e. The summed E-state index contributed by atoms with van der Waals surface area (Å²) in [5.74, 6) is -1.16. The summed E-state index contributed by atoms with van der Waals surface area (Å²) in [5, 5.41) is 8.94. The van der Waals surface area contributed by atoms with Gasteiger partial charge in [0.2, 0.25) is 0 Å². The fourth-order valence-electron chi connectivity index (χ4n) is 5.25. The van der Waals surface area contributed by atoms with Crippen molar-refractivity contribution < 1.29 is 23.4 Å². The Hall–Kier alpha value is -5.25. The number of amides is 1. The van der Waals surface area contributed by atoms with Gasteiger partial charge >= 0.3 is 13.5 Å². The van der Waals surface area contributed by atoms with Gasteiger partial charge in [-0.2, -0.15) is 9.55 Å². The lowest BCUT2D eigenvalue weighted by molar-refractivity contribution is -0.144. The monoisotopic (exact) mass is 677 g/mol. The molecule has 0 fully saturated rings. The second-order valence-electron chi connectivity index (χ2n) is 10.9. The molecule has 0 spiro atoms. The van der Waals surface area contributed by atoms with E-state index < -0.39 is 19.4 Å². The predicted octanol–water partition coefficient (Wildman–Crippen LogP) is 7.59. The molecule has 1 N–H and O–H groups in total. The van der Waals surface area contributed by atoms with Crippen molar-refractivity contribution in [3.63, 3.8) is 0 Å². The second kappa shape index (κ2) is 14.3. The summed E-state index contributed by atoms with van der Waals surface area (Å²) in [6.07, 6.45) is 6.82. The third-order valence-electron chi connectivity index (χ3n) is 7.59. The number of aromatic nitrogens is 4. The molecule has 3 aromatic heterocycles. The van der Waals surface area contributed by atoms with Crippen LogP contribution in [0.5, 0.6) is 5.75 Å². The van der Waals surface area contributed by atoms with E-state index in [4.69, 9.17) is 14.4 Å². The molecule has 0 saturated heterocycles. The molecule has 10 nitrogen and oxygen atoms in total. The lowest BCUT2D eigenvalue weighted by Crippen LogP contribution is -2.21. The highest BCUT2D eigenvalue weighted by atomic mass is 32.2. The molecular weight excluding hydrogens is 645 g/mol. The zero-order valence-electron chi connectivity index (χ0n) is 26.4. The standard InChI is InChI=1S/C36H32N5O5PS/c1-24(36(43)45-3)23-47(44,46-33-14-8-13-30-28(33)12-9-21-39-30)41-32-22-26(48-34-15-5-4-11-29(34)35(42)37-2)17-18-27(32)31(40-41)19-16-25-10-6-7-20-38-25/h4-22,24H,23H2,1-3H3,(H,37,42)/b19-16+/t24-,47?/m1/s1. The number of hydrogen-bond acceptors (Lipinski definition) is 9. The molecule has 48 heavy (non-hydrogen) atoms.